The Balaban J connectivity index is 0.000000140. The zero-order valence-corrected chi connectivity index (χ0v) is 9.54. The molecule has 2 unspecified atom stereocenters. The molecule has 0 aromatic heterocycles. The minimum Gasteiger partial charge on any atom is -0.103 e. The van der Waals surface area contributed by atoms with E-state index in [1.807, 2.05) is 6.08 Å². The minimum absolute atomic E-state index is 0.991. The van der Waals surface area contributed by atoms with Crippen molar-refractivity contribution >= 4 is 0 Å². The summed E-state index contributed by atoms with van der Waals surface area (Å²) in [5.74, 6) is 1.98. The fraction of sp³-hybridized carbons (Fsp3) is 0.714. The Morgan fingerprint density at radius 3 is 2.14 bits per heavy atom. The zero-order chi connectivity index (χ0) is 10.2. The van der Waals surface area contributed by atoms with E-state index in [0.29, 0.717) is 0 Å². The van der Waals surface area contributed by atoms with Crippen molar-refractivity contribution in [1.82, 2.24) is 0 Å². The van der Waals surface area contributed by atoms with Crippen LogP contribution in [0.2, 0.25) is 0 Å². The Hall–Kier alpha value is -0.520. The van der Waals surface area contributed by atoms with Gasteiger partial charge in [0.25, 0.3) is 0 Å². The van der Waals surface area contributed by atoms with Gasteiger partial charge >= 0.3 is 0 Å². The third kappa shape index (κ3) is 4.13. The quantitative estimate of drug-likeness (QED) is 0.446. The van der Waals surface area contributed by atoms with Crippen LogP contribution in [0, 0.1) is 11.8 Å². The van der Waals surface area contributed by atoms with Crippen molar-refractivity contribution in [1.29, 1.82) is 0 Å². The first-order valence-electron chi connectivity index (χ1n) is 6.16. The van der Waals surface area contributed by atoms with Crippen molar-refractivity contribution in [2.45, 2.75) is 51.9 Å². The summed E-state index contributed by atoms with van der Waals surface area (Å²) < 4.78 is 0. The van der Waals surface area contributed by atoms with Gasteiger partial charge in [0.05, 0.1) is 0 Å². The molecule has 0 saturated heterocycles. The number of fused-ring (bicyclic) bond motifs is 2. The van der Waals surface area contributed by atoms with Gasteiger partial charge in [0, 0.05) is 0 Å². The Kier molecular flexibility index (Phi) is 5.66. The molecule has 2 bridgehead atoms. The Morgan fingerprint density at radius 1 is 1.21 bits per heavy atom. The molecule has 2 aliphatic carbocycles. The molecule has 1 fully saturated rings. The first-order chi connectivity index (χ1) is 6.86. The lowest BCUT2D eigenvalue weighted by Gasteiger charge is -1.96. The summed E-state index contributed by atoms with van der Waals surface area (Å²) in [6, 6.07) is 0. The largest absolute Gasteiger partial charge is 0.103 e. The molecule has 2 atom stereocenters. The van der Waals surface area contributed by atoms with Crippen LogP contribution in [0.1, 0.15) is 51.9 Å². The van der Waals surface area contributed by atoms with Gasteiger partial charge in [0.1, 0.15) is 0 Å². The molecule has 0 heterocycles. The van der Waals surface area contributed by atoms with Gasteiger partial charge in [0.2, 0.25) is 0 Å². The highest BCUT2D eigenvalue weighted by molar-refractivity contribution is 5.06. The average Bonchev–Trinajstić information content (AvgIpc) is 2.83. The highest BCUT2D eigenvalue weighted by Gasteiger charge is 2.25. The van der Waals surface area contributed by atoms with E-state index < -0.39 is 0 Å². The number of rotatable bonds is 4. The highest BCUT2D eigenvalue weighted by atomic mass is 14.3. The number of unbranched alkanes of at least 4 members (excludes halogenated alkanes) is 3. The van der Waals surface area contributed by atoms with Crippen LogP contribution in [0.3, 0.4) is 0 Å². The lowest BCUT2D eigenvalue weighted by Crippen LogP contribution is -1.82. The van der Waals surface area contributed by atoms with Gasteiger partial charge in [-0.2, -0.15) is 0 Å². The van der Waals surface area contributed by atoms with Crippen LogP contribution >= 0.6 is 0 Å². The topological polar surface area (TPSA) is 0 Å². The summed E-state index contributed by atoms with van der Waals surface area (Å²) in [4.78, 5) is 0. The lowest BCUT2D eigenvalue weighted by atomic mass is 10.1. The van der Waals surface area contributed by atoms with Crippen LogP contribution in [0.15, 0.2) is 24.8 Å². The predicted molar refractivity (Wildman–Crippen MR) is 64.3 cm³/mol. The monoisotopic (exact) mass is 192 g/mol. The molecule has 0 radical (unpaired) electrons. The number of hydrogen-bond donors (Lipinski definition) is 0. The molecule has 1 saturated carbocycles. The van der Waals surface area contributed by atoms with Gasteiger partial charge in [-0.25, -0.2) is 0 Å². The highest BCUT2D eigenvalue weighted by Crippen LogP contribution is 2.38. The second kappa shape index (κ2) is 6.86. The van der Waals surface area contributed by atoms with E-state index in [9.17, 15) is 0 Å². The van der Waals surface area contributed by atoms with Crippen molar-refractivity contribution in [2.75, 3.05) is 0 Å². The van der Waals surface area contributed by atoms with Crippen LogP contribution in [-0.2, 0) is 0 Å². The summed E-state index contributed by atoms with van der Waals surface area (Å²) in [5, 5.41) is 0. The van der Waals surface area contributed by atoms with Crippen LogP contribution in [0.25, 0.3) is 0 Å². The molecule has 0 aliphatic heterocycles. The normalized spacial score (nSPS) is 27.2. The smallest absolute Gasteiger partial charge is 0.0228 e. The Labute approximate surface area is 89.1 Å². The van der Waals surface area contributed by atoms with Crippen molar-refractivity contribution < 1.29 is 0 Å². The molecule has 80 valence electrons. The van der Waals surface area contributed by atoms with Crippen molar-refractivity contribution in [3.63, 3.8) is 0 Å². The van der Waals surface area contributed by atoms with E-state index in [4.69, 9.17) is 0 Å². The molecule has 0 amide bonds. The van der Waals surface area contributed by atoms with Crippen LogP contribution in [0.5, 0.6) is 0 Å². The minimum atomic E-state index is 0.991. The van der Waals surface area contributed by atoms with E-state index >= 15 is 0 Å². The number of allylic oxidation sites excluding steroid dienone is 3. The Bertz CT molecular complexity index is 166. The fourth-order valence-electron chi connectivity index (χ4n) is 2.26. The predicted octanol–water partition coefficient (Wildman–Crippen LogP) is 4.73. The van der Waals surface area contributed by atoms with E-state index in [-0.39, 0.29) is 0 Å². The molecule has 0 spiro atoms. The fourth-order valence-corrected chi connectivity index (χ4v) is 2.26. The molecule has 2 rings (SSSR count). The maximum atomic E-state index is 3.63. The first-order valence-corrected chi connectivity index (χ1v) is 6.16. The van der Waals surface area contributed by atoms with Gasteiger partial charge < -0.3 is 0 Å². The Morgan fingerprint density at radius 2 is 1.86 bits per heavy atom. The maximum absolute atomic E-state index is 3.63. The maximum Gasteiger partial charge on any atom is -0.0228 e. The molecule has 0 aromatic carbocycles. The zero-order valence-electron chi connectivity index (χ0n) is 9.54. The summed E-state index contributed by atoms with van der Waals surface area (Å²) in [7, 11) is 0. The molecule has 0 N–H and O–H groups in total. The van der Waals surface area contributed by atoms with E-state index in [1.54, 1.807) is 0 Å². The van der Waals surface area contributed by atoms with Gasteiger partial charge in [-0.1, -0.05) is 38.0 Å². The molecule has 0 nitrogen and oxygen atoms in total. The summed E-state index contributed by atoms with van der Waals surface area (Å²) in [6.45, 7) is 5.84. The molecular formula is C14H24. The number of hydrogen-bond acceptors (Lipinski definition) is 0. The van der Waals surface area contributed by atoms with Gasteiger partial charge in [-0.05, 0) is 43.9 Å². The average molecular weight is 192 g/mol. The molecule has 0 aromatic rings. The molecular weight excluding hydrogens is 168 g/mol. The third-order valence-corrected chi connectivity index (χ3v) is 3.18. The van der Waals surface area contributed by atoms with Crippen LogP contribution < -0.4 is 0 Å². The van der Waals surface area contributed by atoms with Gasteiger partial charge in [-0.3, -0.25) is 0 Å². The van der Waals surface area contributed by atoms with Crippen LogP contribution in [-0.4, -0.2) is 0 Å². The second-order valence-electron chi connectivity index (χ2n) is 4.50. The van der Waals surface area contributed by atoms with Crippen molar-refractivity contribution in [3.05, 3.63) is 24.8 Å². The van der Waals surface area contributed by atoms with E-state index in [2.05, 4.69) is 25.7 Å². The summed E-state index contributed by atoms with van der Waals surface area (Å²) in [6.07, 6.45) is 16.3. The van der Waals surface area contributed by atoms with Crippen molar-refractivity contribution in [2.24, 2.45) is 11.8 Å². The lowest BCUT2D eigenvalue weighted by molar-refractivity contribution is 0.691. The van der Waals surface area contributed by atoms with E-state index in [0.717, 1.165) is 11.8 Å². The summed E-state index contributed by atoms with van der Waals surface area (Å²) in [5.41, 5.74) is 0. The molecule has 14 heavy (non-hydrogen) atoms. The SMILES string of the molecule is C1=CC2CCC1C2.C=CCCCCC. The second-order valence-corrected chi connectivity index (χ2v) is 4.50. The standard InChI is InChI=1S/C7H10.C7H14/c1-2-7-4-3-6(1)5-7;1-3-5-7-6-4-2/h1-2,6-7H,3-5H2;3H,1,4-7H2,2H3. The van der Waals surface area contributed by atoms with E-state index in [1.165, 1.54) is 44.9 Å². The van der Waals surface area contributed by atoms with Crippen LogP contribution in [0.4, 0.5) is 0 Å². The van der Waals surface area contributed by atoms with Crippen molar-refractivity contribution in [3.8, 4) is 0 Å². The van der Waals surface area contributed by atoms with Gasteiger partial charge in [-0.15, -0.1) is 6.58 Å². The molecule has 2 aliphatic rings. The third-order valence-electron chi connectivity index (χ3n) is 3.18. The molecule has 0 heteroatoms. The summed E-state index contributed by atoms with van der Waals surface area (Å²) >= 11 is 0. The first kappa shape index (κ1) is 11.6. The van der Waals surface area contributed by atoms with Gasteiger partial charge in [0.15, 0.2) is 0 Å².